The number of aldehydes is 1. The zero-order valence-corrected chi connectivity index (χ0v) is 15.5. The van der Waals surface area contributed by atoms with Crippen molar-refractivity contribution in [2.24, 2.45) is 5.41 Å². The predicted octanol–water partition coefficient (Wildman–Crippen LogP) is 3.03. The molecule has 1 fully saturated rings. The molecular weight excluding hydrogens is 312 g/mol. The fourth-order valence-electron chi connectivity index (χ4n) is 3.47. The molecule has 2 N–H and O–H groups in total. The van der Waals surface area contributed by atoms with E-state index in [4.69, 9.17) is 4.74 Å². The van der Waals surface area contributed by atoms with E-state index in [1.807, 2.05) is 20.8 Å². The van der Waals surface area contributed by atoms with Gasteiger partial charge in [0, 0.05) is 6.54 Å². The maximum atomic E-state index is 12.3. The maximum Gasteiger partial charge on any atom is 0.408 e. The van der Waals surface area contributed by atoms with E-state index in [-0.39, 0.29) is 0 Å². The van der Waals surface area contributed by atoms with Gasteiger partial charge >= 0.3 is 12.2 Å². The Labute approximate surface area is 143 Å². The van der Waals surface area contributed by atoms with Crippen molar-refractivity contribution in [2.75, 3.05) is 6.54 Å². The van der Waals surface area contributed by atoms with Gasteiger partial charge < -0.3 is 24.9 Å². The maximum absolute atomic E-state index is 12.3. The molecule has 138 valence electrons. The van der Waals surface area contributed by atoms with Gasteiger partial charge in [-0.05, 0) is 45.4 Å². The second-order valence-electron chi connectivity index (χ2n) is 8.49. The van der Waals surface area contributed by atoms with Crippen LogP contribution in [0.5, 0.6) is 0 Å². The van der Waals surface area contributed by atoms with E-state index >= 15 is 0 Å². The standard InChI is InChI=1S/C17H30N2O5/c1-15(2,3)12-17(11-20,18-13(21)24-16(4,5)6)9-7-8-10-19(12)14(22)23/h11-12H,7-10H2,1-6H3,(H,18,21)(H,22,23). The normalized spacial score (nSPS) is 25.6. The molecule has 7 heteroatoms. The third-order valence-electron chi connectivity index (χ3n) is 4.05. The van der Waals surface area contributed by atoms with Gasteiger partial charge in [-0.25, -0.2) is 9.59 Å². The summed E-state index contributed by atoms with van der Waals surface area (Å²) in [6.07, 6.45) is 0.537. The molecule has 2 atom stereocenters. The van der Waals surface area contributed by atoms with Gasteiger partial charge in [0.25, 0.3) is 0 Å². The Balaban J connectivity index is 3.28. The van der Waals surface area contributed by atoms with Crippen molar-refractivity contribution in [3.05, 3.63) is 0 Å². The number of likely N-dealkylation sites (tertiary alicyclic amines) is 1. The van der Waals surface area contributed by atoms with Crippen molar-refractivity contribution in [3.8, 4) is 0 Å². The summed E-state index contributed by atoms with van der Waals surface area (Å²) in [5.74, 6) is 0. The lowest BCUT2D eigenvalue weighted by molar-refractivity contribution is -0.118. The zero-order valence-electron chi connectivity index (χ0n) is 15.5. The van der Waals surface area contributed by atoms with Crippen molar-refractivity contribution in [2.45, 2.75) is 78.0 Å². The number of carbonyl (C=O) groups excluding carboxylic acids is 2. The largest absolute Gasteiger partial charge is 0.465 e. The van der Waals surface area contributed by atoms with Crippen molar-refractivity contribution < 1.29 is 24.2 Å². The van der Waals surface area contributed by atoms with Gasteiger partial charge in [-0.2, -0.15) is 0 Å². The van der Waals surface area contributed by atoms with Gasteiger partial charge in [-0.3, -0.25) is 0 Å². The number of alkyl carbamates (subject to hydrolysis) is 1. The average Bonchev–Trinajstić information content (AvgIpc) is 2.56. The minimum absolute atomic E-state index is 0.336. The minimum atomic E-state index is -1.31. The van der Waals surface area contributed by atoms with Gasteiger partial charge in [0.2, 0.25) is 0 Å². The lowest BCUT2D eigenvalue weighted by Crippen LogP contribution is -2.67. The number of rotatable bonds is 2. The molecule has 0 aromatic heterocycles. The van der Waals surface area contributed by atoms with Gasteiger partial charge in [0.15, 0.2) is 0 Å². The lowest BCUT2D eigenvalue weighted by Gasteiger charge is -2.47. The topological polar surface area (TPSA) is 95.9 Å². The van der Waals surface area contributed by atoms with Crippen LogP contribution >= 0.6 is 0 Å². The Kier molecular flexibility index (Phi) is 5.90. The second-order valence-corrected chi connectivity index (χ2v) is 8.49. The molecule has 2 amide bonds. The molecule has 0 spiro atoms. The van der Waals surface area contributed by atoms with E-state index < -0.39 is 34.8 Å². The number of nitrogens with zero attached hydrogens (tertiary/aromatic N) is 1. The summed E-state index contributed by atoms with van der Waals surface area (Å²) < 4.78 is 5.29. The molecule has 1 aliphatic heterocycles. The first-order valence-electron chi connectivity index (χ1n) is 8.29. The third kappa shape index (κ3) is 4.85. The number of amides is 2. The van der Waals surface area contributed by atoms with Crippen LogP contribution in [-0.4, -0.2) is 52.2 Å². The molecule has 1 saturated heterocycles. The predicted molar refractivity (Wildman–Crippen MR) is 90.0 cm³/mol. The van der Waals surface area contributed by atoms with E-state index in [0.717, 1.165) is 0 Å². The number of hydrogen-bond donors (Lipinski definition) is 2. The van der Waals surface area contributed by atoms with Crippen LogP contribution in [0.25, 0.3) is 0 Å². The fraction of sp³-hybridized carbons (Fsp3) is 0.824. The first kappa shape index (κ1) is 20.3. The molecule has 0 aromatic carbocycles. The van der Waals surface area contributed by atoms with Gasteiger partial charge in [0.1, 0.15) is 17.4 Å². The van der Waals surface area contributed by atoms with Crippen LogP contribution in [0.1, 0.15) is 60.8 Å². The molecule has 2 unspecified atom stereocenters. The average molecular weight is 342 g/mol. The van der Waals surface area contributed by atoms with Crippen LogP contribution in [0, 0.1) is 5.41 Å². The molecule has 7 nitrogen and oxygen atoms in total. The minimum Gasteiger partial charge on any atom is -0.465 e. The molecular formula is C17H30N2O5. The Morgan fingerprint density at radius 1 is 1.21 bits per heavy atom. The Hall–Kier alpha value is -1.79. The molecule has 0 saturated carbocycles. The van der Waals surface area contributed by atoms with E-state index in [1.165, 1.54) is 4.90 Å². The van der Waals surface area contributed by atoms with Gasteiger partial charge in [-0.1, -0.05) is 20.8 Å². The summed E-state index contributed by atoms with van der Waals surface area (Å²) in [4.78, 5) is 37.4. The summed E-state index contributed by atoms with van der Waals surface area (Å²) in [6.45, 7) is 11.1. The number of nitrogens with one attached hydrogen (secondary N) is 1. The fourth-order valence-corrected chi connectivity index (χ4v) is 3.47. The zero-order chi connectivity index (χ0) is 18.8. The van der Waals surface area contributed by atoms with Crippen LogP contribution in [-0.2, 0) is 9.53 Å². The highest BCUT2D eigenvalue weighted by molar-refractivity contribution is 5.79. The van der Waals surface area contributed by atoms with Gasteiger partial charge in [0.05, 0.1) is 6.04 Å². The second kappa shape index (κ2) is 6.99. The molecule has 1 rings (SSSR count). The molecule has 24 heavy (non-hydrogen) atoms. The number of carbonyl (C=O) groups is 3. The SMILES string of the molecule is CC(C)(C)OC(=O)NC1(C=O)CCCCN(C(=O)O)C1C(C)(C)C. The molecule has 0 radical (unpaired) electrons. The van der Waals surface area contributed by atoms with Crippen LogP contribution in [0.15, 0.2) is 0 Å². The van der Waals surface area contributed by atoms with Crippen LogP contribution < -0.4 is 5.32 Å². The van der Waals surface area contributed by atoms with E-state index in [9.17, 15) is 19.5 Å². The van der Waals surface area contributed by atoms with E-state index in [1.54, 1.807) is 20.8 Å². The van der Waals surface area contributed by atoms with Crippen LogP contribution in [0.2, 0.25) is 0 Å². The van der Waals surface area contributed by atoms with Crippen molar-refractivity contribution in [1.82, 2.24) is 10.2 Å². The summed E-state index contributed by atoms with van der Waals surface area (Å²) in [5.41, 5.74) is -2.56. The number of ether oxygens (including phenoxy) is 1. The van der Waals surface area contributed by atoms with Crippen molar-refractivity contribution in [3.63, 3.8) is 0 Å². The Bertz CT molecular complexity index is 492. The summed E-state index contributed by atoms with van der Waals surface area (Å²) in [6, 6.07) is -0.685. The summed E-state index contributed by atoms with van der Waals surface area (Å²) in [7, 11) is 0. The summed E-state index contributed by atoms with van der Waals surface area (Å²) in [5, 5.41) is 12.3. The monoisotopic (exact) mass is 342 g/mol. The molecule has 0 bridgehead atoms. The molecule has 0 aliphatic carbocycles. The van der Waals surface area contributed by atoms with Gasteiger partial charge in [-0.15, -0.1) is 0 Å². The molecule has 1 heterocycles. The lowest BCUT2D eigenvalue weighted by atomic mass is 9.72. The first-order chi connectivity index (χ1) is 10.8. The quantitative estimate of drug-likeness (QED) is 0.752. The first-order valence-corrected chi connectivity index (χ1v) is 8.29. The third-order valence-corrected chi connectivity index (χ3v) is 4.05. The Morgan fingerprint density at radius 3 is 2.21 bits per heavy atom. The van der Waals surface area contributed by atoms with Crippen LogP contribution in [0.3, 0.4) is 0 Å². The number of hydrogen-bond acceptors (Lipinski definition) is 4. The number of carboxylic acid groups (broad SMARTS) is 1. The van der Waals surface area contributed by atoms with Crippen molar-refractivity contribution in [1.29, 1.82) is 0 Å². The molecule has 0 aromatic rings. The smallest absolute Gasteiger partial charge is 0.408 e. The van der Waals surface area contributed by atoms with Crippen LogP contribution in [0.4, 0.5) is 9.59 Å². The highest BCUT2D eigenvalue weighted by Gasteiger charge is 2.52. The van der Waals surface area contributed by atoms with E-state index in [2.05, 4.69) is 5.32 Å². The molecule has 1 aliphatic rings. The Morgan fingerprint density at radius 2 is 1.79 bits per heavy atom. The highest BCUT2D eigenvalue weighted by atomic mass is 16.6. The highest BCUT2D eigenvalue weighted by Crippen LogP contribution is 2.37. The van der Waals surface area contributed by atoms with Crippen molar-refractivity contribution >= 4 is 18.5 Å². The summed E-state index contributed by atoms with van der Waals surface area (Å²) >= 11 is 0. The van der Waals surface area contributed by atoms with E-state index in [0.29, 0.717) is 32.1 Å².